The van der Waals surface area contributed by atoms with E-state index in [1.54, 1.807) is 0 Å². The van der Waals surface area contributed by atoms with Gasteiger partial charge < -0.3 is 9.71 Å². The van der Waals surface area contributed by atoms with Crippen molar-refractivity contribution in [2.45, 2.75) is 35.5 Å². The van der Waals surface area contributed by atoms with E-state index < -0.39 is 51.7 Å². The van der Waals surface area contributed by atoms with E-state index in [0.29, 0.717) is 0 Å². The first-order chi connectivity index (χ1) is 17.1. The standard InChI is InChI=1S/C22H13B5ClF2N3O4/c23-15-8-16(34)31-18(36)20(15,24)32-9-10-7-12(3-6-14(10)17(32)35)22(25,26)33(27)19(37)21(29,30)11-1-4-13(28)5-2-11/h1-7,15H,8-9H2,(H,31,34,36). The monoisotopic (exact) mass is 511 g/mol. The van der Waals surface area contributed by atoms with Crippen LogP contribution in [0.4, 0.5) is 8.78 Å². The Labute approximate surface area is 222 Å². The summed E-state index contributed by atoms with van der Waals surface area (Å²) in [6, 6.07) is 8.06. The van der Waals surface area contributed by atoms with E-state index >= 15 is 0 Å². The molecule has 2 atom stereocenters. The van der Waals surface area contributed by atoms with Gasteiger partial charge in [0.1, 0.15) is 7.85 Å². The largest absolute Gasteiger partial charge is 0.398 e. The molecule has 0 aromatic heterocycles. The topological polar surface area (TPSA) is 86.8 Å². The van der Waals surface area contributed by atoms with E-state index in [4.69, 9.17) is 51.0 Å². The predicted molar refractivity (Wildman–Crippen MR) is 133 cm³/mol. The molecule has 0 spiro atoms. The number of halogens is 3. The van der Waals surface area contributed by atoms with Gasteiger partial charge >= 0.3 is 5.92 Å². The molecule has 2 unspecified atom stereocenters. The summed E-state index contributed by atoms with van der Waals surface area (Å²) in [4.78, 5) is 50.9. The molecule has 2 aliphatic heterocycles. The number of rotatable bonds is 5. The normalized spacial score (nSPS) is 22.0. The Morgan fingerprint density at radius 1 is 1.11 bits per heavy atom. The molecule has 15 heteroatoms. The second-order valence-corrected chi connectivity index (χ2v) is 9.29. The Bertz CT molecular complexity index is 1330. The third-order valence-electron chi connectivity index (χ3n) is 6.50. The van der Waals surface area contributed by atoms with Crippen molar-refractivity contribution in [3.05, 3.63) is 69.7 Å². The van der Waals surface area contributed by atoms with E-state index in [9.17, 15) is 28.0 Å². The van der Waals surface area contributed by atoms with E-state index in [1.807, 2.05) is 0 Å². The zero-order chi connectivity index (χ0) is 27.5. The summed E-state index contributed by atoms with van der Waals surface area (Å²) in [7, 11) is 29.9. The number of hydrogen-bond acceptors (Lipinski definition) is 4. The average molecular weight is 511 g/mol. The fraction of sp³-hybridized carbons (Fsp3) is 0.273. The average Bonchev–Trinajstić information content (AvgIpc) is 3.17. The number of alkyl halides is 2. The fourth-order valence-corrected chi connectivity index (χ4v) is 4.36. The Kier molecular flexibility index (Phi) is 6.63. The zero-order valence-electron chi connectivity index (χ0n) is 19.1. The maximum atomic E-state index is 14.9. The molecule has 7 nitrogen and oxygen atoms in total. The van der Waals surface area contributed by atoms with Crippen LogP contribution in [0, 0.1) is 0 Å². The number of fused-ring (bicyclic) bond motifs is 1. The first-order valence-corrected chi connectivity index (χ1v) is 11.1. The lowest BCUT2D eigenvalue weighted by Gasteiger charge is -2.45. The van der Waals surface area contributed by atoms with Crippen LogP contribution in [0.15, 0.2) is 42.5 Å². The van der Waals surface area contributed by atoms with Gasteiger partial charge in [0.15, 0.2) is 0 Å². The van der Waals surface area contributed by atoms with Crippen molar-refractivity contribution in [1.82, 2.24) is 15.0 Å². The van der Waals surface area contributed by atoms with Crippen LogP contribution < -0.4 is 5.32 Å². The highest BCUT2D eigenvalue weighted by molar-refractivity contribution is 6.43. The van der Waals surface area contributed by atoms with Gasteiger partial charge in [-0.05, 0) is 40.5 Å². The van der Waals surface area contributed by atoms with Crippen LogP contribution in [0.3, 0.4) is 0 Å². The van der Waals surface area contributed by atoms with Gasteiger partial charge in [0.05, 0.1) is 29.0 Å². The number of imide groups is 1. The number of benzene rings is 2. The molecular formula is C22H13B5ClF2N3O4. The first-order valence-electron chi connectivity index (χ1n) is 10.8. The molecular weight excluding hydrogens is 498 g/mol. The molecule has 1 saturated heterocycles. The second-order valence-electron chi connectivity index (χ2n) is 8.86. The Morgan fingerprint density at radius 3 is 2.30 bits per heavy atom. The molecule has 10 radical (unpaired) electrons. The van der Waals surface area contributed by atoms with E-state index in [-0.39, 0.29) is 39.5 Å². The number of nitrogens with zero attached hydrogens (tertiary/aromatic N) is 2. The summed E-state index contributed by atoms with van der Waals surface area (Å²) >= 11 is 5.72. The maximum absolute atomic E-state index is 14.9. The van der Waals surface area contributed by atoms with Crippen LogP contribution in [0.2, 0.25) is 10.8 Å². The molecule has 2 heterocycles. The summed E-state index contributed by atoms with van der Waals surface area (Å²) in [5.74, 6) is -9.44. The molecule has 0 bridgehead atoms. The van der Waals surface area contributed by atoms with Gasteiger partial charge in [0.25, 0.3) is 11.8 Å². The number of carbonyl (C=O) groups excluding carboxylic acids is 4. The van der Waals surface area contributed by atoms with Crippen LogP contribution in [-0.2, 0) is 32.2 Å². The summed E-state index contributed by atoms with van der Waals surface area (Å²) < 4.78 is 29.8. The van der Waals surface area contributed by atoms with Crippen LogP contribution in [0.5, 0.6) is 0 Å². The number of carbonyl (C=O) groups is 4. The van der Waals surface area contributed by atoms with E-state index in [2.05, 4.69) is 5.32 Å². The number of amides is 4. The van der Waals surface area contributed by atoms with Crippen molar-refractivity contribution in [3.63, 3.8) is 0 Å². The van der Waals surface area contributed by atoms with Crippen molar-refractivity contribution >= 4 is 74.6 Å². The van der Waals surface area contributed by atoms with Gasteiger partial charge in [-0.15, -0.1) is 0 Å². The van der Waals surface area contributed by atoms with Gasteiger partial charge in [-0.1, -0.05) is 35.9 Å². The molecule has 0 saturated carbocycles. The molecule has 1 fully saturated rings. The number of hydrogen-bond donors (Lipinski definition) is 1. The fourth-order valence-electron chi connectivity index (χ4n) is 4.23. The van der Waals surface area contributed by atoms with Crippen LogP contribution >= 0.6 is 11.6 Å². The number of nitrogens with one attached hydrogen (secondary N) is 1. The Morgan fingerprint density at radius 2 is 1.70 bits per heavy atom. The molecule has 4 amide bonds. The summed E-state index contributed by atoms with van der Waals surface area (Å²) in [5, 5.41) is -0.195. The lowest BCUT2D eigenvalue weighted by molar-refractivity contribution is -0.155. The lowest BCUT2D eigenvalue weighted by atomic mass is 9.55. The van der Waals surface area contributed by atoms with Crippen molar-refractivity contribution in [2.75, 3.05) is 0 Å². The lowest BCUT2D eigenvalue weighted by Crippen LogP contribution is -2.66. The summed E-state index contributed by atoms with van der Waals surface area (Å²) in [5.41, 5.74) is -2.46. The van der Waals surface area contributed by atoms with E-state index in [0.717, 1.165) is 17.0 Å². The highest BCUT2D eigenvalue weighted by Crippen LogP contribution is 2.39. The quantitative estimate of drug-likeness (QED) is 0.464. The molecule has 176 valence electrons. The SMILES string of the molecule is [B]C1CC(=O)NC(=O)C1([B])N1Cc2cc(C([B])([B])N([B])C(=O)C(F)(F)c3ccc(Cl)cc3)ccc2C1=O. The van der Waals surface area contributed by atoms with Crippen molar-refractivity contribution in [1.29, 1.82) is 0 Å². The summed E-state index contributed by atoms with van der Waals surface area (Å²) in [6.07, 6.45) is -0.297. The molecule has 4 rings (SSSR count). The molecule has 1 N–H and O–H groups in total. The van der Waals surface area contributed by atoms with Crippen LogP contribution in [0.1, 0.15) is 33.5 Å². The van der Waals surface area contributed by atoms with E-state index in [1.165, 1.54) is 30.3 Å². The zero-order valence-corrected chi connectivity index (χ0v) is 19.8. The highest BCUT2D eigenvalue weighted by atomic mass is 35.5. The molecule has 0 aliphatic carbocycles. The minimum atomic E-state index is -4.10. The van der Waals surface area contributed by atoms with Gasteiger partial charge in [-0.3, -0.25) is 24.5 Å². The van der Waals surface area contributed by atoms with Gasteiger partial charge in [0.2, 0.25) is 19.8 Å². The van der Waals surface area contributed by atoms with Gasteiger partial charge in [0, 0.05) is 29.1 Å². The minimum Gasteiger partial charge on any atom is -0.398 e. The van der Waals surface area contributed by atoms with Gasteiger partial charge in [-0.25, -0.2) is 0 Å². The Balaban J connectivity index is 1.62. The third-order valence-corrected chi connectivity index (χ3v) is 6.75. The van der Waals surface area contributed by atoms with Gasteiger partial charge in [-0.2, -0.15) is 8.78 Å². The smallest absolute Gasteiger partial charge is 0.348 e. The minimum absolute atomic E-state index is 0.00158. The Hall–Kier alpha value is -3.01. The van der Waals surface area contributed by atoms with Crippen LogP contribution in [0.25, 0.3) is 0 Å². The van der Waals surface area contributed by atoms with Crippen LogP contribution in [-0.4, -0.2) is 78.1 Å². The number of piperidine rings is 1. The molecule has 2 aromatic rings. The molecule has 37 heavy (non-hydrogen) atoms. The maximum Gasteiger partial charge on any atom is 0.348 e. The predicted octanol–water partition coefficient (Wildman–Crippen LogP) is 0.316. The molecule has 2 aliphatic rings. The highest BCUT2D eigenvalue weighted by Gasteiger charge is 2.52. The third kappa shape index (κ3) is 4.29. The molecule has 2 aromatic carbocycles. The van der Waals surface area contributed by atoms with Crippen molar-refractivity contribution in [3.8, 4) is 0 Å². The van der Waals surface area contributed by atoms with Crippen molar-refractivity contribution < 1.29 is 28.0 Å². The first kappa shape index (κ1) is 27.0. The second kappa shape index (κ2) is 9.08. The van der Waals surface area contributed by atoms with Crippen molar-refractivity contribution in [2.24, 2.45) is 0 Å². The summed E-state index contributed by atoms with van der Waals surface area (Å²) in [6.45, 7) is -0.247.